The molecule has 8 nitrogen and oxygen atoms in total. The molecule has 0 radical (unpaired) electrons. The Morgan fingerprint density at radius 3 is 1.41 bits per heavy atom. The Labute approximate surface area is 182 Å². The van der Waals surface area contributed by atoms with Crippen molar-refractivity contribution in [3.63, 3.8) is 0 Å². The molecule has 11 heteroatoms. The molecule has 0 bridgehead atoms. The van der Waals surface area contributed by atoms with Gasteiger partial charge < -0.3 is 19.3 Å². The lowest BCUT2D eigenvalue weighted by atomic mass is 9.82. The largest absolute Gasteiger partial charge is 0.481 e. The first-order chi connectivity index (χ1) is 12.4. The monoisotopic (exact) mass is 578 g/mol. The highest BCUT2D eigenvalue weighted by atomic mass is 79.9. The predicted molar refractivity (Wildman–Crippen MR) is 105 cm³/mol. The third-order valence-electron chi connectivity index (χ3n) is 3.87. The van der Waals surface area contributed by atoms with Crippen molar-refractivity contribution in [3.8, 4) is 0 Å². The number of esters is 3. The van der Waals surface area contributed by atoms with E-state index < -0.39 is 62.6 Å². The average Bonchev–Trinajstić information content (AvgIpc) is 2.53. The molecule has 27 heavy (non-hydrogen) atoms. The SMILES string of the molecule is CC(Br)C(=O)OC1CC(OC(=O)C(C)Br)C(C(=O)O)C(OC(=O)C(C)Br)C1. The van der Waals surface area contributed by atoms with Gasteiger partial charge in [-0.15, -0.1) is 0 Å². The normalized spacial score (nSPS) is 28.4. The third kappa shape index (κ3) is 7.34. The second-order valence-electron chi connectivity index (χ2n) is 6.19. The minimum absolute atomic E-state index is 0.00813. The van der Waals surface area contributed by atoms with Crippen LogP contribution in [0.4, 0.5) is 0 Å². The molecular formula is C16H21Br3O8. The second kappa shape index (κ2) is 10.8. The summed E-state index contributed by atoms with van der Waals surface area (Å²) in [6.45, 7) is 4.66. The zero-order valence-electron chi connectivity index (χ0n) is 14.9. The molecular weight excluding hydrogens is 560 g/mol. The molecule has 0 saturated heterocycles. The standard InChI is InChI=1S/C16H21Br3O8/c1-6(17)14(22)25-9-4-10(26-15(23)7(2)18)12(13(20)21)11(5-9)27-16(24)8(3)19/h6-12H,4-5H2,1-3H3,(H,20,21). The smallest absolute Gasteiger partial charge is 0.319 e. The number of carboxylic acid groups (broad SMARTS) is 1. The maximum Gasteiger partial charge on any atom is 0.319 e. The van der Waals surface area contributed by atoms with Crippen LogP contribution in [0.5, 0.6) is 0 Å². The van der Waals surface area contributed by atoms with Gasteiger partial charge in [0.2, 0.25) is 0 Å². The van der Waals surface area contributed by atoms with Crippen molar-refractivity contribution < 1.29 is 38.5 Å². The van der Waals surface area contributed by atoms with Crippen LogP contribution in [0, 0.1) is 5.92 Å². The van der Waals surface area contributed by atoms with Crippen LogP contribution in [-0.2, 0) is 33.4 Å². The molecule has 5 atom stereocenters. The van der Waals surface area contributed by atoms with Gasteiger partial charge in [-0.3, -0.25) is 19.2 Å². The Morgan fingerprint density at radius 1 is 0.778 bits per heavy atom. The molecule has 0 aliphatic heterocycles. The van der Waals surface area contributed by atoms with Crippen molar-refractivity contribution in [2.24, 2.45) is 5.92 Å². The molecule has 0 amide bonds. The Kier molecular flexibility index (Phi) is 9.70. The number of aliphatic carboxylic acids is 1. The number of ether oxygens (including phenoxy) is 3. The lowest BCUT2D eigenvalue weighted by Gasteiger charge is -2.38. The topological polar surface area (TPSA) is 116 Å². The van der Waals surface area contributed by atoms with Crippen LogP contribution in [0.1, 0.15) is 33.6 Å². The molecule has 0 aromatic carbocycles. The molecule has 154 valence electrons. The van der Waals surface area contributed by atoms with E-state index in [1.165, 1.54) is 13.8 Å². The second-order valence-corrected chi connectivity index (χ2v) is 10.3. The first-order valence-corrected chi connectivity index (χ1v) is 10.9. The van der Waals surface area contributed by atoms with E-state index in [4.69, 9.17) is 14.2 Å². The van der Waals surface area contributed by atoms with Crippen LogP contribution in [0.15, 0.2) is 0 Å². The summed E-state index contributed by atoms with van der Waals surface area (Å²) in [6.07, 6.45) is -3.01. The summed E-state index contributed by atoms with van der Waals surface area (Å²) in [7, 11) is 0. The molecule has 1 aliphatic rings. The van der Waals surface area contributed by atoms with Gasteiger partial charge in [0, 0.05) is 12.8 Å². The number of carboxylic acids is 1. The van der Waals surface area contributed by atoms with Crippen molar-refractivity contribution in [2.75, 3.05) is 0 Å². The number of halogens is 3. The number of rotatable bonds is 7. The highest BCUT2D eigenvalue weighted by Gasteiger charge is 2.48. The maximum atomic E-state index is 12.0. The molecule has 1 fully saturated rings. The summed E-state index contributed by atoms with van der Waals surface area (Å²) in [5, 5.41) is 9.62. The van der Waals surface area contributed by atoms with Gasteiger partial charge in [0.15, 0.2) is 0 Å². The number of carbonyl (C=O) groups excluding carboxylic acids is 3. The third-order valence-corrected chi connectivity index (χ3v) is 4.99. The summed E-state index contributed by atoms with van der Waals surface area (Å²) in [5.41, 5.74) is 0. The van der Waals surface area contributed by atoms with Gasteiger partial charge in [0.05, 0.1) is 0 Å². The molecule has 0 aromatic rings. The van der Waals surface area contributed by atoms with E-state index >= 15 is 0 Å². The highest BCUT2D eigenvalue weighted by molar-refractivity contribution is 9.10. The fraction of sp³-hybridized carbons (Fsp3) is 0.750. The van der Waals surface area contributed by atoms with Crippen LogP contribution in [-0.4, -0.2) is 61.8 Å². The summed E-state index contributed by atoms with van der Waals surface area (Å²) < 4.78 is 15.9. The molecule has 0 aromatic heterocycles. The Morgan fingerprint density at radius 2 is 1.11 bits per heavy atom. The van der Waals surface area contributed by atoms with E-state index in [0.29, 0.717) is 0 Å². The number of hydrogen-bond donors (Lipinski definition) is 1. The summed E-state index contributed by atoms with van der Waals surface area (Å²) in [5.74, 6) is -4.41. The quantitative estimate of drug-likeness (QED) is 0.277. The first kappa shape index (κ1) is 24.4. The molecule has 0 heterocycles. The minimum atomic E-state index is -1.27. The van der Waals surface area contributed by atoms with Crippen LogP contribution < -0.4 is 0 Å². The number of carbonyl (C=O) groups is 4. The van der Waals surface area contributed by atoms with Gasteiger partial charge in [-0.25, -0.2) is 0 Å². The summed E-state index contributed by atoms with van der Waals surface area (Å²) in [6, 6.07) is 0. The Bertz CT molecular complexity index is 546. The summed E-state index contributed by atoms with van der Waals surface area (Å²) in [4.78, 5) is 45.7. The minimum Gasteiger partial charge on any atom is -0.481 e. The van der Waals surface area contributed by atoms with Gasteiger partial charge in [-0.2, -0.15) is 0 Å². The van der Waals surface area contributed by atoms with Crippen molar-refractivity contribution in [3.05, 3.63) is 0 Å². The maximum absolute atomic E-state index is 12.0. The molecule has 5 unspecified atom stereocenters. The fourth-order valence-electron chi connectivity index (χ4n) is 2.55. The van der Waals surface area contributed by atoms with Gasteiger partial charge in [0.25, 0.3) is 0 Å². The van der Waals surface area contributed by atoms with Gasteiger partial charge in [-0.05, 0) is 20.8 Å². The zero-order chi connectivity index (χ0) is 20.9. The van der Waals surface area contributed by atoms with Crippen LogP contribution in [0.2, 0.25) is 0 Å². The molecule has 0 spiro atoms. The van der Waals surface area contributed by atoms with E-state index in [9.17, 15) is 24.3 Å². The van der Waals surface area contributed by atoms with E-state index in [1.807, 2.05) is 0 Å². The Balaban J connectivity index is 3.10. The zero-order valence-corrected chi connectivity index (χ0v) is 19.7. The average molecular weight is 581 g/mol. The lowest BCUT2D eigenvalue weighted by molar-refractivity contribution is -0.185. The van der Waals surface area contributed by atoms with Crippen molar-refractivity contribution >= 4 is 71.7 Å². The van der Waals surface area contributed by atoms with Gasteiger partial charge >= 0.3 is 23.9 Å². The van der Waals surface area contributed by atoms with E-state index in [1.54, 1.807) is 6.92 Å². The van der Waals surface area contributed by atoms with Crippen LogP contribution in [0.25, 0.3) is 0 Å². The van der Waals surface area contributed by atoms with Crippen molar-refractivity contribution in [2.45, 2.75) is 66.4 Å². The molecule has 1 saturated carbocycles. The Hall–Kier alpha value is -0.680. The van der Waals surface area contributed by atoms with E-state index in [0.717, 1.165) is 0 Å². The molecule has 1 aliphatic carbocycles. The van der Waals surface area contributed by atoms with Crippen molar-refractivity contribution in [1.82, 2.24) is 0 Å². The summed E-state index contributed by atoms with van der Waals surface area (Å²) >= 11 is 9.23. The number of alkyl halides is 3. The van der Waals surface area contributed by atoms with E-state index in [-0.39, 0.29) is 12.8 Å². The molecule has 1 N–H and O–H groups in total. The van der Waals surface area contributed by atoms with E-state index in [2.05, 4.69) is 47.8 Å². The highest BCUT2D eigenvalue weighted by Crippen LogP contribution is 2.33. The van der Waals surface area contributed by atoms with Gasteiger partial charge in [-0.1, -0.05) is 47.8 Å². The molecule has 1 rings (SSSR count). The van der Waals surface area contributed by atoms with Crippen LogP contribution in [0.3, 0.4) is 0 Å². The fourth-order valence-corrected chi connectivity index (χ4v) is 2.87. The predicted octanol–water partition coefficient (Wildman–Crippen LogP) is 2.57. The lowest BCUT2D eigenvalue weighted by Crippen LogP contribution is -2.51. The van der Waals surface area contributed by atoms with Crippen LogP contribution >= 0.6 is 47.8 Å². The van der Waals surface area contributed by atoms with Crippen molar-refractivity contribution in [1.29, 1.82) is 0 Å². The van der Waals surface area contributed by atoms with Gasteiger partial charge in [0.1, 0.15) is 38.7 Å². The number of hydrogen-bond acceptors (Lipinski definition) is 7. The first-order valence-electron chi connectivity index (χ1n) is 8.20.